The summed E-state index contributed by atoms with van der Waals surface area (Å²) in [6, 6.07) is -1.13. The first kappa shape index (κ1) is 65.7. The molecule has 4 amide bonds. The Balaban J connectivity index is 4.98. The van der Waals surface area contributed by atoms with Crippen molar-refractivity contribution >= 4 is 23.6 Å². The number of nitrogens with zero attached hydrogens (tertiary/aromatic N) is 3. The molecule has 11 nitrogen and oxygen atoms in total. The average molecular weight is 971 g/mol. The minimum Gasteiger partial charge on any atom is -0.385 e. The van der Waals surface area contributed by atoms with Gasteiger partial charge in [-0.25, -0.2) is 0 Å². The molecule has 2 N–H and O–H groups in total. The molecule has 0 rings (SSSR count). The van der Waals surface area contributed by atoms with E-state index in [4.69, 9.17) is 9.47 Å². The summed E-state index contributed by atoms with van der Waals surface area (Å²) in [4.78, 5) is 60.5. The third-order valence-electron chi connectivity index (χ3n) is 12.6. The van der Waals surface area contributed by atoms with Crippen molar-refractivity contribution in [1.29, 1.82) is 0 Å². The standard InChI is InChI=1S/C58H107N5O6/c1-10-12-14-16-18-20-22-24-26-28-30-32-34-36-38-42-54(65)63(46-40-50-69-9)56(52(5)6)58(67)60-44-48-61(7)47-43-59-57(66)55(51(3)4)62(45-39-49-68-8)53(64)41-37-35-33-31-29-27-25-23-21-19-17-15-13-11-2/h17-20,23-26,51-52,55-56H,10-16,21-22,27-50H2,1-9H3,(H,59,66)(H,60,67)/b19-17-,20-18-,25-23-,26-24-. The van der Waals surface area contributed by atoms with E-state index in [2.05, 4.69) is 78.0 Å². The van der Waals surface area contributed by atoms with Crippen molar-refractivity contribution in [3.05, 3.63) is 48.6 Å². The fourth-order valence-electron chi connectivity index (χ4n) is 8.54. The highest BCUT2D eigenvalue weighted by molar-refractivity contribution is 5.88. The molecule has 0 spiro atoms. The minimum absolute atomic E-state index is 0.0305. The third kappa shape index (κ3) is 36.3. The summed E-state index contributed by atoms with van der Waals surface area (Å²) in [7, 11) is 5.28. The number of allylic oxidation sites excluding steroid dienone is 8. The number of unbranched alkanes of at least 4 members (excludes halogenated alkanes) is 15. The molecule has 0 aliphatic rings. The number of methoxy groups -OCH3 is 2. The Morgan fingerprint density at radius 2 is 0.797 bits per heavy atom. The van der Waals surface area contributed by atoms with E-state index in [1.54, 1.807) is 24.0 Å². The highest BCUT2D eigenvalue weighted by Gasteiger charge is 2.33. The highest BCUT2D eigenvalue weighted by atomic mass is 16.5. The quantitative estimate of drug-likeness (QED) is 0.0460. The molecule has 0 saturated carbocycles. The van der Waals surface area contributed by atoms with Gasteiger partial charge in [0.15, 0.2) is 0 Å². The van der Waals surface area contributed by atoms with Gasteiger partial charge >= 0.3 is 0 Å². The van der Waals surface area contributed by atoms with Gasteiger partial charge in [0.1, 0.15) is 12.1 Å². The molecule has 2 atom stereocenters. The van der Waals surface area contributed by atoms with E-state index in [0.29, 0.717) is 78.2 Å². The number of nitrogens with one attached hydrogen (secondary N) is 2. The molecule has 400 valence electrons. The van der Waals surface area contributed by atoms with Crippen LogP contribution in [0.4, 0.5) is 0 Å². The van der Waals surface area contributed by atoms with Crippen LogP contribution in [0.15, 0.2) is 48.6 Å². The zero-order chi connectivity index (χ0) is 51.2. The normalized spacial score (nSPS) is 13.0. The maximum atomic E-state index is 13.7. The van der Waals surface area contributed by atoms with Crippen LogP contribution in [0.2, 0.25) is 0 Å². The lowest BCUT2D eigenvalue weighted by Crippen LogP contribution is -2.54. The molecule has 0 aromatic rings. The maximum absolute atomic E-state index is 13.7. The molecule has 2 unspecified atom stereocenters. The molecular weight excluding hydrogens is 863 g/mol. The van der Waals surface area contributed by atoms with Crippen molar-refractivity contribution in [2.75, 3.05) is 73.7 Å². The van der Waals surface area contributed by atoms with E-state index in [1.807, 2.05) is 34.7 Å². The van der Waals surface area contributed by atoms with E-state index in [-0.39, 0.29) is 35.5 Å². The summed E-state index contributed by atoms with van der Waals surface area (Å²) >= 11 is 0. The largest absolute Gasteiger partial charge is 0.385 e. The van der Waals surface area contributed by atoms with Crippen LogP contribution in [0.1, 0.15) is 202 Å². The van der Waals surface area contributed by atoms with Gasteiger partial charge in [0.05, 0.1) is 0 Å². The molecule has 0 radical (unpaired) electrons. The number of carbonyl (C=O) groups is 4. The van der Waals surface area contributed by atoms with Crippen molar-refractivity contribution < 1.29 is 28.7 Å². The predicted molar refractivity (Wildman–Crippen MR) is 291 cm³/mol. The van der Waals surface area contributed by atoms with Gasteiger partial charge in [0, 0.05) is 79.5 Å². The topological polar surface area (TPSA) is 121 Å². The van der Waals surface area contributed by atoms with Gasteiger partial charge in [-0.05, 0) is 102 Å². The van der Waals surface area contributed by atoms with Crippen molar-refractivity contribution in [3.8, 4) is 0 Å². The van der Waals surface area contributed by atoms with Gasteiger partial charge in [-0.2, -0.15) is 0 Å². The predicted octanol–water partition coefficient (Wildman–Crippen LogP) is 12.2. The van der Waals surface area contributed by atoms with Crippen molar-refractivity contribution in [3.63, 3.8) is 0 Å². The second-order valence-corrected chi connectivity index (χ2v) is 19.7. The summed E-state index contributed by atoms with van der Waals surface area (Å²) < 4.78 is 10.6. The van der Waals surface area contributed by atoms with Crippen LogP contribution < -0.4 is 10.6 Å². The highest BCUT2D eigenvalue weighted by Crippen LogP contribution is 2.18. The van der Waals surface area contributed by atoms with Crippen molar-refractivity contribution in [1.82, 2.24) is 25.3 Å². The summed E-state index contributed by atoms with van der Waals surface area (Å²) in [5.41, 5.74) is 0. The Bertz CT molecular complexity index is 1380. The number of likely N-dealkylation sites (N-methyl/N-ethyl adjacent to an activating group) is 1. The Hall–Kier alpha value is -3.28. The Morgan fingerprint density at radius 3 is 1.16 bits per heavy atom. The molecular formula is C58H107N5O6. The minimum atomic E-state index is -0.565. The van der Waals surface area contributed by atoms with Gasteiger partial charge in [-0.15, -0.1) is 0 Å². The zero-order valence-electron chi connectivity index (χ0n) is 46.1. The van der Waals surface area contributed by atoms with Crippen LogP contribution >= 0.6 is 0 Å². The summed E-state index contributed by atoms with van der Waals surface area (Å²) in [5, 5.41) is 6.22. The number of carbonyl (C=O) groups excluding carboxylic acids is 4. The van der Waals surface area contributed by atoms with E-state index >= 15 is 0 Å². The average Bonchev–Trinajstić information content (AvgIpc) is 3.31. The Labute approximate surface area is 424 Å². The van der Waals surface area contributed by atoms with Gasteiger partial charge in [0.2, 0.25) is 23.6 Å². The van der Waals surface area contributed by atoms with Crippen LogP contribution in [0, 0.1) is 11.8 Å². The van der Waals surface area contributed by atoms with Gasteiger partial charge in [-0.3, -0.25) is 19.2 Å². The lowest BCUT2D eigenvalue weighted by Gasteiger charge is -2.34. The molecule has 0 aromatic heterocycles. The van der Waals surface area contributed by atoms with Crippen LogP contribution in [-0.4, -0.2) is 124 Å². The Morgan fingerprint density at radius 1 is 0.449 bits per heavy atom. The lowest BCUT2D eigenvalue weighted by atomic mass is 10.00. The second kappa shape index (κ2) is 47.1. The molecule has 0 heterocycles. The summed E-state index contributed by atoms with van der Waals surface area (Å²) in [5.74, 6) is -0.329. The van der Waals surface area contributed by atoms with E-state index < -0.39 is 12.1 Å². The van der Waals surface area contributed by atoms with Gasteiger partial charge in [0.25, 0.3) is 0 Å². The number of amides is 4. The van der Waals surface area contributed by atoms with Crippen LogP contribution in [-0.2, 0) is 28.7 Å². The van der Waals surface area contributed by atoms with Gasteiger partial charge < -0.3 is 34.8 Å². The monoisotopic (exact) mass is 970 g/mol. The fraction of sp³-hybridized carbons (Fsp3) is 0.793. The molecule has 0 aromatic carbocycles. The molecule has 11 heteroatoms. The van der Waals surface area contributed by atoms with E-state index in [9.17, 15) is 19.2 Å². The first-order valence-electron chi connectivity index (χ1n) is 27.9. The number of hydrogen-bond acceptors (Lipinski definition) is 7. The molecule has 0 fully saturated rings. The smallest absolute Gasteiger partial charge is 0.243 e. The van der Waals surface area contributed by atoms with E-state index in [1.165, 1.54) is 57.8 Å². The van der Waals surface area contributed by atoms with Crippen LogP contribution in [0.3, 0.4) is 0 Å². The second-order valence-electron chi connectivity index (χ2n) is 19.7. The molecule has 0 aliphatic heterocycles. The summed E-state index contributed by atoms with van der Waals surface area (Å²) in [6.45, 7) is 16.5. The van der Waals surface area contributed by atoms with Crippen LogP contribution in [0.25, 0.3) is 0 Å². The zero-order valence-corrected chi connectivity index (χ0v) is 46.1. The van der Waals surface area contributed by atoms with Gasteiger partial charge in [-0.1, -0.05) is 154 Å². The fourth-order valence-corrected chi connectivity index (χ4v) is 8.54. The Kier molecular flexibility index (Phi) is 44.8. The molecule has 0 saturated heterocycles. The lowest BCUT2D eigenvalue weighted by molar-refractivity contribution is -0.142. The molecule has 69 heavy (non-hydrogen) atoms. The molecule has 0 aliphatic carbocycles. The maximum Gasteiger partial charge on any atom is 0.243 e. The number of rotatable bonds is 47. The van der Waals surface area contributed by atoms with Crippen LogP contribution in [0.5, 0.6) is 0 Å². The number of ether oxygens (including phenoxy) is 2. The first-order chi connectivity index (χ1) is 33.5. The van der Waals surface area contributed by atoms with Crippen molar-refractivity contribution in [2.24, 2.45) is 11.8 Å². The third-order valence-corrected chi connectivity index (χ3v) is 12.6. The number of hydrogen-bond donors (Lipinski definition) is 2. The summed E-state index contributed by atoms with van der Waals surface area (Å²) in [6.07, 6.45) is 43.9. The molecule has 0 bridgehead atoms. The van der Waals surface area contributed by atoms with Crippen molar-refractivity contribution in [2.45, 2.75) is 214 Å². The SMILES string of the molecule is CCCC/C=C\C/C=C\CCCCCCCC(=O)N(CCCOC)C(C(=O)NCCN(C)CCNC(=O)C(C(C)C)N(CCCOC)C(=O)CCCCCCC/C=C\C/C=C\CCCCC)C(C)C. The van der Waals surface area contributed by atoms with E-state index in [0.717, 1.165) is 77.0 Å². The first-order valence-corrected chi connectivity index (χ1v) is 27.9.